The number of halogens is 1. The summed E-state index contributed by atoms with van der Waals surface area (Å²) in [6.45, 7) is 1.54. The number of hydrogen-bond donors (Lipinski definition) is 1. The van der Waals surface area contributed by atoms with Crippen LogP contribution in [-0.2, 0) is 19.5 Å². The third-order valence-electron chi connectivity index (χ3n) is 2.64. The first-order valence-electron chi connectivity index (χ1n) is 5.74. The highest BCUT2D eigenvalue weighted by Gasteiger charge is 2.25. The van der Waals surface area contributed by atoms with Gasteiger partial charge in [-0.1, -0.05) is 11.6 Å². The molecule has 1 N–H and O–H groups in total. The number of hydrogen-bond acceptors (Lipinski definition) is 6. The average Bonchev–Trinajstić information content (AvgIpc) is 2.39. The van der Waals surface area contributed by atoms with Crippen LogP contribution < -0.4 is 4.72 Å². The Labute approximate surface area is 127 Å². The molecule has 1 atom stereocenters. The number of nitrogens with zero attached hydrogens (tertiary/aromatic N) is 1. The molecule has 1 aromatic rings. The summed E-state index contributed by atoms with van der Waals surface area (Å²) < 4.78 is 36.6. The van der Waals surface area contributed by atoms with Crippen molar-refractivity contribution in [3.63, 3.8) is 0 Å². The second-order valence-electron chi connectivity index (χ2n) is 4.12. The Bertz CT molecular complexity index is 617. The number of rotatable bonds is 7. The van der Waals surface area contributed by atoms with Crippen LogP contribution in [0.4, 0.5) is 5.69 Å². The Balaban J connectivity index is 3.09. The molecule has 1 unspecified atom stereocenters. The van der Waals surface area contributed by atoms with E-state index in [9.17, 15) is 18.5 Å². The van der Waals surface area contributed by atoms with E-state index in [-0.39, 0.29) is 9.92 Å². The normalized spacial score (nSPS) is 13.4. The van der Waals surface area contributed by atoms with Crippen molar-refractivity contribution >= 4 is 27.3 Å². The molecule has 0 saturated heterocycles. The molecule has 0 spiro atoms. The van der Waals surface area contributed by atoms with Gasteiger partial charge in [-0.25, -0.2) is 13.1 Å². The van der Waals surface area contributed by atoms with Gasteiger partial charge < -0.3 is 9.47 Å². The molecular formula is C11H15ClN2O6S. The summed E-state index contributed by atoms with van der Waals surface area (Å²) >= 11 is 5.65. The van der Waals surface area contributed by atoms with Gasteiger partial charge in [0.25, 0.3) is 5.69 Å². The lowest BCUT2D eigenvalue weighted by Crippen LogP contribution is -2.42. The van der Waals surface area contributed by atoms with Gasteiger partial charge in [-0.15, -0.1) is 0 Å². The summed E-state index contributed by atoms with van der Waals surface area (Å²) in [7, 11) is -1.24. The van der Waals surface area contributed by atoms with Gasteiger partial charge >= 0.3 is 0 Å². The minimum absolute atomic E-state index is 0.140. The van der Waals surface area contributed by atoms with Crippen LogP contribution in [0, 0.1) is 10.1 Å². The number of nitrogens with one attached hydrogen (secondary N) is 1. The molecule has 10 heteroatoms. The summed E-state index contributed by atoms with van der Waals surface area (Å²) in [4.78, 5) is 9.77. The number of benzene rings is 1. The van der Waals surface area contributed by atoms with E-state index in [0.29, 0.717) is 0 Å². The standard InChI is InChI=1S/C11H15ClN2O6S/c1-7(11(19-2)20-3)13-21(17,18)8-4-5-9(12)10(6-8)14(15)16/h4-7,11,13H,1-3H3. The van der Waals surface area contributed by atoms with Crippen molar-refractivity contribution < 1.29 is 22.8 Å². The maximum absolute atomic E-state index is 12.2. The molecule has 0 aromatic heterocycles. The first kappa shape index (κ1) is 17.8. The summed E-state index contributed by atoms with van der Waals surface area (Å²) in [6, 6.07) is 2.54. The second kappa shape index (κ2) is 7.14. The topological polar surface area (TPSA) is 108 Å². The van der Waals surface area contributed by atoms with Gasteiger partial charge in [-0.05, 0) is 19.1 Å². The van der Waals surface area contributed by atoms with Crippen LogP contribution in [0.15, 0.2) is 23.1 Å². The van der Waals surface area contributed by atoms with Crippen LogP contribution in [0.3, 0.4) is 0 Å². The molecule has 8 nitrogen and oxygen atoms in total. The van der Waals surface area contributed by atoms with Crippen LogP contribution >= 0.6 is 11.6 Å². The first-order chi connectivity index (χ1) is 9.72. The molecule has 0 aliphatic rings. The molecule has 21 heavy (non-hydrogen) atoms. The van der Waals surface area contributed by atoms with E-state index in [1.54, 1.807) is 6.92 Å². The Morgan fingerprint density at radius 1 is 1.33 bits per heavy atom. The summed E-state index contributed by atoms with van der Waals surface area (Å²) in [5.74, 6) is 0. The van der Waals surface area contributed by atoms with Gasteiger partial charge in [-0.3, -0.25) is 10.1 Å². The van der Waals surface area contributed by atoms with Crippen molar-refractivity contribution in [2.75, 3.05) is 14.2 Å². The minimum atomic E-state index is -3.97. The summed E-state index contributed by atoms with van der Waals surface area (Å²) in [5, 5.41) is 10.6. The smallest absolute Gasteiger partial charge is 0.289 e. The molecule has 1 rings (SSSR count). The van der Waals surface area contributed by atoms with Crippen molar-refractivity contribution in [2.24, 2.45) is 0 Å². The lowest BCUT2D eigenvalue weighted by atomic mass is 10.3. The summed E-state index contributed by atoms with van der Waals surface area (Å²) in [5.41, 5.74) is -0.484. The van der Waals surface area contributed by atoms with Crippen LogP contribution in [0.25, 0.3) is 0 Å². The molecule has 0 fully saturated rings. The van der Waals surface area contributed by atoms with Gasteiger partial charge in [0.05, 0.1) is 15.9 Å². The number of nitro groups is 1. The van der Waals surface area contributed by atoms with Crippen LogP contribution in [0.2, 0.25) is 5.02 Å². The third-order valence-corrected chi connectivity index (χ3v) is 4.51. The zero-order valence-corrected chi connectivity index (χ0v) is 13.1. The van der Waals surface area contributed by atoms with E-state index < -0.39 is 33.0 Å². The van der Waals surface area contributed by atoms with Crippen LogP contribution in [0.5, 0.6) is 0 Å². The predicted octanol–water partition coefficient (Wildman–Crippen LogP) is 1.53. The molecule has 0 amide bonds. The molecule has 0 aliphatic carbocycles. The number of nitro benzene ring substituents is 1. The van der Waals surface area contributed by atoms with Crippen molar-refractivity contribution in [2.45, 2.75) is 24.2 Å². The number of sulfonamides is 1. The van der Waals surface area contributed by atoms with Gasteiger partial charge in [0.15, 0.2) is 6.29 Å². The summed E-state index contributed by atoms with van der Waals surface area (Å²) in [6.07, 6.45) is -0.790. The highest BCUT2D eigenvalue weighted by atomic mass is 35.5. The molecule has 1 aromatic carbocycles. The van der Waals surface area contributed by atoms with E-state index in [1.807, 2.05) is 0 Å². The fourth-order valence-electron chi connectivity index (χ4n) is 1.67. The van der Waals surface area contributed by atoms with Crippen LogP contribution in [-0.4, -0.2) is 39.9 Å². The largest absolute Gasteiger partial charge is 0.354 e. The van der Waals surface area contributed by atoms with Crippen LogP contribution in [0.1, 0.15) is 6.92 Å². The van der Waals surface area contributed by atoms with Gasteiger partial charge in [0.2, 0.25) is 10.0 Å². The molecule has 0 saturated carbocycles. The lowest BCUT2D eigenvalue weighted by Gasteiger charge is -2.21. The SMILES string of the molecule is COC(OC)C(C)NS(=O)(=O)c1ccc(Cl)c([N+](=O)[O-])c1. The first-order valence-corrected chi connectivity index (χ1v) is 7.61. The Kier molecular flexibility index (Phi) is 6.05. The van der Waals surface area contributed by atoms with Crippen molar-refractivity contribution in [3.8, 4) is 0 Å². The molecule has 0 radical (unpaired) electrons. The van der Waals surface area contributed by atoms with E-state index in [0.717, 1.165) is 12.1 Å². The zero-order chi connectivity index (χ0) is 16.2. The average molecular weight is 339 g/mol. The third kappa shape index (κ3) is 4.35. The molecule has 0 bridgehead atoms. The quantitative estimate of drug-likeness (QED) is 0.459. The van der Waals surface area contributed by atoms with Gasteiger partial charge in [0.1, 0.15) is 5.02 Å². The Morgan fingerprint density at radius 3 is 2.38 bits per heavy atom. The fourth-order valence-corrected chi connectivity index (χ4v) is 3.11. The monoisotopic (exact) mass is 338 g/mol. The fraction of sp³-hybridized carbons (Fsp3) is 0.455. The van der Waals surface area contributed by atoms with Crippen molar-refractivity contribution in [3.05, 3.63) is 33.3 Å². The lowest BCUT2D eigenvalue weighted by molar-refractivity contribution is -0.384. The Morgan fingerprint density at radius 2 is 1.90 bits per heavy atom. The molecular weight excluding hydrogens is 324 g/mol. The van der Waals surface area contributed by atoms with Crippen molar-refractivity contribution in [1.82, 2.24) is 4.72 Å². The van der Waals surface area contributed by atoms with Gasteiger partial charge in [-0.2, -0.15) is 0 Å². The molecule has 0 aliphatic heterocycles. The van der Waals surface area contributed by atoms with E-state index in [1.165, 1.54) is 20.3 Å². The van der Waals surface area contributed by atoms with E-state index in [4.69, 9.17) is 21.1 Å². The highest BCUT2D eigenvalue weighted by molar-refractivity contribution is 7.89. The Hall–Kier alpha value is -1.26. The number of methoxy groups -OCH3 is 2. The number of ether oxygens (including phenoxy) is 2. The highest BCUT2D eigenvalue weighted by Crippen LogP contribution is 2.27. The molecule has 118 valence electrons. The van der Waals surface area contributed by atoms with Gasteiger partial charge in [0, 0.05) is 20.3 Å². The minimum Gasteiger partial charge on any atom is -0.354 e. The second-order valence-corrected chi connectivity index (χ2v) is 6.24. The zero-order valence-electron chi connectivity index (χ0n) is 11.6. The van der Waals surface area contributed by atoms with E-state index in [2.05, 4.69) is 4.72 Å². The maximum atomic E-state index is 12.2. The van der Waals surface area contributed by atoms with Crippen molar-refractivity contribution in [1.29, 1.82) is 0 Å². The maximum Gasteiger partial charge on any atom is 0.289 e. The molecule has 0 heterocycles. The van der Waals surface area contributed by atoms with E-state index >= 15 is 0 Å². The predicted molar refractivity (Wildman–Crippen MR) is 75.7 cm³/mol.